The highest BCUT2D eigenvalue weighted by atomic mass is 32.2. The van der Waals surface area contributed by atoms with E-state index in [0.717, 1.165) is 12.8 Å². The fourth-order valence-corrected chi connectivity index (χ4v) is 2.96. The van der Waals surface area contributed by atoms with Crippen LogP contribution in [0.4, 0.5) is 0 Å². The van der Waals surface area contributed by atoms with Gasteiger partial charge in [-0.25, -0.2) is 4.79 Å². The second kappa shape index (κ2) is 12.5. The summed E-state index contributed by atoms with van der Waals surface area (Å²) in [5, 5.41) is 0. The summed E-state index contributed by atoms with van der Waals surface area (Å²) in [6.07, 6.45) is 9.74. The van der Waals surface area contributed by atoms with Crippen LogP contribution in [-0.4, -0.2) is 18.3 Å². The van der Waals surface area contributed by atoms with E-state index in [1.165, 1.54) is 48.8 Å². The zero-order chi connectivity index (χ0) is 15.2. The Labute approximate surface area is 133 Å². The monoisotopic (exact) mass is 306 g/mol. The summed E-state index contributed by atoms with van der Waals surface area (Å²) in [5.74, 6) is 0.896. The van der Waals surface area contributed by atoms with Gasteiger partial charge in [0.2, 0.25) is 0 Å². The number of unbranched alkanes of at least 4 members (excludes halogenated alkanes) is 6. The molecule has 0 heterocycles. The smallest absolute Gasteiger partial charge is 0.330 e. The molecule has 1 aromatic carbocycles. The zero-order valence-electron chi connectivity index (χ0n) is 12.8. The van der Waals surface area contributed by atoms with Crippen LogP contribution in [-0.2, 0) is 9.53 Å². The van der Waals surface area contributed by atoms with Gasteiger partial charge in [-0.05, 0) is 30.7 Å². The van der Waals surface area contributed by atoms with Gasteiger partial charge in [0.15, 0.2) is 0 Å². The van der Waals surface area contributed by atoms with Crippen LogP contribution in [0.15, 0.2) is 47.9 Å². The molecular formula is C18H26O2S. The number of ether oxygens (including phenoxy) is 1. The Morgan fingerprint density at radius 2 is 1.62 bits per heavy atom. The van der Waals surface area contributed by atoms with E-state index in [0.29, 0.717) is 6.61 Å². The van der Waals surface area contributed by atoms with Crippen LogP contribution in [0.1, 0.15) is 44.9 Å². The first-order chi connectivity index (χ1) is 10.3. The van der Waals surface area contributed by atoms with Crippen molar-refractivity contribution in [1.82, 2.24) is 0 Å². The molecule has 0 aliphatic heterocycles. The molecule has 0 amide bonds. The number of esters is 1. The third kappa shape index (κ3) is 10.2. The van der Waals surface area contributed by atoms with Crippen molar-refractivity contribution in [2.24, 2.45) is 0 Å². The fourth-order valence-electron chi connectivity index (χ4n) is 2.03. The standard InChI is InChI=1S/C18H26O2S/c1-2-18(19)20-15-11-6-4-3-5-7-12-16-21-17-13-9-8-10-14-17/h2,8-10,13-14H,1,3-7,11-12,15-16H2. The lowest BCUT2D eigenvalue weighted by molar-refractivity contribution is -0.137. The Hall–Kier alpha value is -1.22. The van der Waals surface area contributed by atoms with E-state index in [2.05, 4.69) is 36.9 Å². The number of carbonyl (C=O) groups excluding carboxylic acids is 1. The van der Waals surface area contributed by atoms with Crippen LogP contribution in [0.2, 0.25) is 0 Å². The average Bonchev–Trinajstić information content (AvgIpc) is 2.53. The molecule has 0 spiro atoms. The van der Waals surface area contributed by atoms with Crippen molar-refractivity contribution in [2.75, 3.05) is 12.4 Å². The second-order valence-electron chi connectivity index (χ2n) is 5.01. The second-order valence-corrected chi connectivity index (χ2v) is 6.18. The molecule has 0 saturated carbocycles. The molecular weight excluding hydrogens is 280 g/mol. The van der Waals surface area contributed by atoms with Crippen LogP contribution in [0.3, 0.4) is 0 Å². The quantitative estimate of drug-likeness (QED) is 0.229. The van der Waals surface area contributed by atoms with Crippen LogP contribution >= 0.6 is 11.8 Å². The summed E-state index contributed by atoms with van der Waals surface area (Å²) in [4.78, 5) is 12.2. The van der Waals surface area contributed by atoms with Gasteiger partial charge in [0.1, 0.15) is 0 Å². The molecule has 0 radical (unpaired) electrons. The SMILES string of the molecule is C=CC(=O)OCCCCCCCCCSc1ccccc1. The summed E-state index contributed by atoms with van der Waals surface area (Å²) in [6, 6.07) is 10.6. The van der Waals surface area contributed by atoms with E-state index < -0.39 is 0 Å². The maximum absolute atomic E-state index is 10.8. The van der Waals surface area contributed by atoms with Gasteiger partial charge in [0.25, 0.3) is 0 Å². The van der Waals surface area contributed by atoms with Gasteiger partial charge < -0.3 is 4.74 Å². The van der Waals surface area contributed by atoms with Gasteiger partial charge in [0.05, 0.1) is 6.61 Å². The Kier molecular flexibility index (Phi) is 10.6. The van der Waals surface area contributed by atoms with Crippen LogP contribution in [0, 0.1) is 0 Å². The Bertz CT molecular complexity index is 389. The first-order valence-corrected chi connectivity index (χ1v) is 8.78. The van der Waals surface area contributed by atoms with E-state index in [-0.39, 0.29) is 5.97 Å². The summed E-state index contributed by atoms with van der Waals surface area (Å²) in [7, 11) is 0. The minimum absolute atomic E-state index is 0.314. The van der Waals surface area contributed by atoms with Gasteiger partial charge in [-0.15, -0.1) is 11.8 Å². The minimum atomic E-state index is -0.314. The summed E-state index contributed by atoms with van der Waals surface area (Å²) in [5.41, 5.74) is 0. The molecule has 0 N–H and O–H groups in total. The average molecular weight is 306 g/mol. The lowest BCUT2D eigenvalue weighted by Gasteiger charge is -2.03. The predicted molar refractivity (Wildman–Crippen MR) is 90.6 cm³/mol. The highest BCUT2D eigenvalue weighted by molar-refractivity contribution is 7.99. The molecule has 0 aliphatic carbocycles. The van der Waals surface area contributed by atoms with E-state index in [4.69, 9.17) is 4.74 Å². The largest absolute Gasteiger partial charge is 0.463 e. The lowest BCUT2D eigenvalue weighted by Crippen LogP contribution is -2.01. The Morgan fingerprint density at radius 1 is 1.00 bits per heavy atom. The van der Waals surface area contributed by atoms with Gasteiger partial charge >= 0.3 is 5.97 Å². The molecule has 0 aromatic heterocycles. The third-order valence-corrected chi connectivity index (χ3v) is 4.31. The molecule has 0 aliphatic rings. The molecule has 0 unspecified atom stereocenters. The molecule has 3 heteroatoms. The van der Waals surface area contributed by atoms with Gasteiger partial charge in [-0.2, -0.15) is 0 Å². The van der Waals surface area contributed by atoms with Gasteiger partial charge in [0, 0.05) is 11.0 Å². The van der Waals surface area contributed by atoms with E-state index >= 15 is 0 Å². The highest BCUT2D eigenvalue weighted by Gasteiger charge is 1.96. The van der Waals surface area contributed by atoms with Crippen molar-refractivity contribution in [1.29, 1.82) is 0 Å². The topological polar surface area (TPSA) is 26.3 Å². The van der Waals surface area contributed by atoms with E-state index in [9.17, 15) is 4.79 Å². The van der Waals surface area contributed by atoms with Crippen molar-refractivity contribution in [2.45, 2.75) is 49.8 Å². The molecule has 2 nitrogen and oxygen atoms in total. The molecule has 1 rings (SSSR count). The van der Waals surface area contributed by atoms with Gasteiger partial charge in [-0.1, -0.05) is 56.9 Å². The molecule has 0 atom stereocenters. The van der Waals surface area contributed by atoms with Crippen molar-refractivity contribution in [3.8, 4) is 0 Å². The first kappa shape index (κ1) is 17.8. The molecule has 0 saturated heterocycles. The van der Waals surface area contributed by atoms with Gasteiger partial charge in [-0.3, -0.25) is 0 Å². The molecule has 116 valence electrons. The molecule has 0 fully saturated rings. The zero-order valence-corrected chi connectivity index (χ0v) is 13.6. The summed E-state index contributed by atoms with van der Waals surface area (Å²) < 4.78 is 4.93. The van der Waals surface area contributed by atoms with Crippen LogP contribution in [0.25, 0.3) is 0 Å². The Balaban J connectivity index is 1.80. The number of hydrogen-bond acceptors (Lipinski definition) is 3. The van der Waals surface area contributed by atoms with Crippen molar-refractivity contribution < 1.29 is 9.53 Å². The molecule has 1 aromatic rings. The number of thioether (sulfide) groups is 1. The number of hydrogen-bond donors (Lipinski definition) is 0. The van der Waals surface area contributed by atoms with Crippen molar-refractivity contribution >= 4 is 17.7 Å². The summed E-state index contributed by atoms with van der Waals surface area (Å²) in [6.45, 7) is 3.89. The lowest BCUT2D eigenvalue weighted by atomic mass is 10.1. The third-order valence-electron chi connectivity index (χ3n) is 3.21. The number of benzene rings is 1. The predicted octanol–water partition coefficient (Wildman–Crippen LogP) is 5.24. The van der Waals surface area contributed by atoms with Crippen LogP contribution < -0.4 is 0 Å². The maximum atomic E-state index is 10.8. The first-order valence-electron chi connectivity index (χ1n) is 7.80. The van der Waals surface area contributed by atoms with Crippen LogP contribution in [0.5, 0.6) is 0 Å². The molecule has 21 heavy (non-hydrogen) atoms. The van der Waals surface area contributed by atoms with E-state index in [1.54, 1.807) is 0 Å². The summed E-state index contributed by atoms with van der Waals surface area (Å²) >= 11 is 1.94. The fraction of sp³-hybridized carbons (Fsp3) is 0.500. The number of carbonyl (C=O) groups is 1. The number of rotatable bonds is 12. The normalized spacial score (nSPS) is 10.3. The Morgan fingerprint density at radius 3 is 2.29 bits per heavy atom. The minimum Gasteiger partial charge on any atom is -0.463 e. The van der Waals surface area contributed by atoms with Crippen molar-refractivity contribution in [3.05, 3.63) is 43.0 Å². The highest BCUT2D eigenvalue weighted by Crippen LogP contribution is 2.19. The molecule has 0 bridgehead atoms. The van der Waals surface area contributed by atoms with Crippen molar-refractivity contribution in [3.63, 3.8) is 0 Å². The van der Waals surface area contributed by atoms with E-state index in [1.807, 2.05) is 11.8 Å². The maximum Gasteiger partial charge on any atom is 0.330 e.